The van der Waals surface area contributed by atoms with E-state index < -0.39 is 6.10 Å². The normalized spacial score (nSPS) is 12.4. The van der Waals surface area contributed by atoms with Crippen LogP contribution in [0, 0.1) is 0 Å². The third-order valence-electron chi connectivity index (χ3n) is 2.18. The molecule has 2 rings (SSSR count). The first-order valence-electron chi connectivity index (χ1n) is 4.71. The van der Waals surface area contributed by atoms with E-state index in [4.69, 9.17) is 11.6 Å². The second-order valence-corrected chi connectivity index (χ2v) is 5.00. The van der Waals surface area contributed by atoms with Crippen LogP contribution in [0.2, 0.25) is 4.34 Å². The molecular formula is C12H9ClO2S. The molecule has 1 N–H and O–H groups in total. The van der Waals surface area contributed by atoms with E-state index in [-0.39, 0.29) is 5.78 Å². The average molecular weight is 253 g/mol. The molecule has 1 aromatic heterocycles. The predicted octanol–water partition coefficient (Wildman–Crippen LogP) is 3.32. The van der Waals surface area contributed by atoms with Crippen molar-refractivity contribution in [2.75, 3.05) is 0 Å². The summed E-state index contributed by atoms with van der Waals surface area (Å²) in [6.45, 7) is 0. The van der Waals surface area contributed by atoms with Crippen molar-refractivity contribution in [2.24, 2.45) is 0 Å². The summed E-state index contributed by atoms with van der Waals surface area (Å²) in [5.74, 6) is -0.317. The molecule has 0 saturated heterocycles. The lowest BCUT2D eigenvalue weighted by Gasteiger charge is -2.07. The largest absolute Gasteiger partial charge is 0.380 e. The van der Waals surface area contributed by atoms with Gasteiger partial charge in [-0.3, -0.25) is 4.79 Å². The van der Waals surface area contributed by atoms with Gasteiger partial charge >= 0.3 is 0 Å². The molecule has 1 unspecified atom stereocenters. The zero-order valence-corrected chi connectivity index (χ0v) is 9.83. The molecule has 4 heteroatoms. The molecule has 0 saturated carbocycles. The molecule has 0 spiro atoms. The molecule has 0 aliphatic heterocycles. The Bertz CT molecular complexity index is 493. The Hall–Kier alpha value is -1.16. The summed E-state index contributed by atoms with van der Waals surface area (Å²) in [5, 5.41) is 9.87. The summed E-state index contributed by atoms with van der Waals surface area (Å²) in [6.07, 6.45) is -1.11. The Labute approximate surface area is 102 Å². The van der Waals surface area contributed by atoms with Gasteiger partial charge in [-0.1, -0.05) is 41.9 Å². The number of carbonyl (C=O) groups excluding carboxylic acids is 1. The molecule has 0 amide bonds. The number of rotatable bonds is 3. The number of ketones is 1. The molecule has 2 aromatic rings. The van der Waals surface area contributed by atoms with E-state index in [0.29, 0.717) is 14.8 Å². The van der Waals surface area contributed by atoms with Gasteiger partial charge in [-0.2, -0.15) is 0 Å². The van der Waals surface area contributed by atoms with Crippen LogP contribution in [0.3, 0.4) is 0 Å². The molecule has 0 fully saturated rings. The molecular weight excluding hydrogens is 244 g/mol. The highest BCUT2D eigenvalue weighted by atomic mass is 35.5. The first-order chi connectivity index (χ1) is 7.68. The van der Waals surface area contributed by atoms with Gasteiger partial charge in [-0.05, 0) is 17.7 Å². The van der Waals surface area contributed by atoms with Gasteiger partial charge in [0.05, 0.1) is 9.21 Å². The van der Waals surface area contributed by atoms with E-state index in [1.165, 1.54) is 11.3 Å². The Balaban J connectivity index is 2.23. The summed E-state index contributed by atoms with van der Waals surface area (Å²) in [6, 6.07) is 12.1. The fourth-order valence-electron chi connectivity index (χ4n) is 1.37. The van der Waals surface area contributed by atoms with Gasteiger partial charge in [-0.15, -0.1) is 11.3 Å². The standard InChI is InChI=1S/C12H9ClO2S/c13-10-7-6-9(16-10)12(15)11(14)8-4-2-1-3-5-8/h1-7,11,14H. The summed E-state index contributed by atoms with van der Waals surface area (Å²) in [5.41, 5.74) is 0.594. The maximum absolute atomic E-state index is 11.9. The molecule has 82 valence electrons. The first-order valence-corrected chi connectivity index (χ1v) is 5.90. The highest BCUT2D eigenvalue weighted by molar-refractivity contribution is 7.18. The van der Waals surface area contributed by atoms with E-state index >= 15 is 0 Å². The van der Waals surface area contributed by atoms with E-state index in [1.54, 1.807) is 36.4 Å². The summed E-state index contributed by atoms with van der Waals surface area (Å²) < 4.78 is 0.545. The first kappa shape index (κ1) is 11.3. The SMILES string of the molecule is O=C(c1ccc(Cl)s1)C(O)c1ccccc1. The smallest absolute Gasteiger partial charge is 0.205 e. The maximum Gasteiger partial charge on any atom is 0.205 e. The van der Waals surface area contributed by atoms with Crippen LogP contribution < -0.4 is 0 Å². The molecule has 0 aliphatic rings. The van der Waals surface area contributed by atoms with Crippen LogP contribution in [0.1, 0.15) is 21.3 Å². The van der Waals surface area contributed by atoms with Crippen molar-refractivity contribution in [3.63, 3.8) is 0 Å². The zero-order valence-electron chi connectivity index (χ0n) is 8.26. The number of hydrogen-bond donors (Lipinski definition) is 1. The molecule has 16 heavy (non-hydrogen) atoms. The highest BCUT2D eigenvalue weighted by Gasteiger charge is 2.20. The minimum Gasteiger partial charge on any atom is -0.380 e. The van der Waals surface area contributed by atoms with Crippen molar-refractivity contribution < 1.29 is 9.90 Å². The van der Waals surface area contributed by atoms with Crippen molar-refractivity contribution >= 4 is 28.7 Å². The lowest BCUT2D eigenvalue weighted by Crippen LogP contribution is -2.10. The molecule has 1 aromatic carbocycles. The zero-order chi connectivity index (χ0) is 11.5. The van der Waals surface area contributed by atoms with E-state index in [1.807, 2.05) is 6.07 Å². The number of hydrogen-bond acceptors (Lipinski definition) is 3. The lowest BCUT2D eigenvalue weighted by molar-refractivity contribution is 0.0752. The van der Waals surface area contributed by atoms with E-state index in [9.17, 15) is 9.90 Å². The van der Waals surface area contributed by atoms with Crippen molar-refractivity contribution in [1.82, 2.24) is 0 Å². The van der Waals surface area contributed by atoms with Crippen LogP contribution >= 0.6 is 22.9 Å². The highest BCUT2D eigenvalue weighted by Crippen LogP contribution is 2.26. The number of Topliss-reactive ketones (excluding diaryl/α,β-unsaturated/α-hetero) is 1. The fourth-order valence-corrected chi connectivity index (χ4v) is 2.37. The predicted molar refractivity (Wildman–Crippen MR) is 65.1 cm³/mol. The molecule has 2 nitrogen and oxygen atoms in total. The van der Waals surface area contributed by atoms with Crippen LogP contribution in [0.25, 0.3) is 0 Å². The topological polar surface area (TPSA) is 37.3 Å². The van der Waals surface area contributed by atoms with E-state index in [2.05, 4.69) is 0 Å². The van der Waals surface area contributed by atoms with Crippen LogP contribution in [-0.4, -0.2) is 10.9 Å². The molecule has 1 atom stereocenters. The van der Waals surface area contributed by atoms with Gasteiger partial charge in [0.25, 0.3) is 0 Å². The number of benzene rings is 1. The van der Waals surface area contributed by atoms with Crippen molar-refractivity contribution in [3.05, 3.63) is 57.2 Å². The quantitative estimate of drug-likeness (QED) is 0.851. The summed E-state index contributed by atoms with van der Waals surface area (Å²) in [4.78, 5) is 12.3. The number of thiophene rings is 1. The van der Waals surface area contributed by atoms with Crippen LogP contribution in [-0.2, 0) is 0 Å². The Morgan fingerprint density at radius 3 is 2.44 bits per heavy atom. The van der Waals surface area contributed by atoms with Crippen LogP contribution in [0.15, 0.2) is 42.5 Å². The summed E-state index contributed by atoms with van der Waals surface area (Å²) >= 11 is 6.91. The van der Waals surface area contributed by atoms with Gasteiger partial charge in [0.2, 0.25) is 5.78 Å². The molecule has 0 bridgehead atoms. The average Bonchev–Trinajstić information content (AvgIpc) is 2.75. The minimum atomic E-state index is -1.11. The monoisotopic (exact) mass is 252 g/mol. The lowest BCUT2D eigenvalue weighted by atomic mass is 10.1. The maximum atomic E-state index is 11.9. The second-order valence-electron chi connectivity index (χ2n) is 3.28. The van der Waals surface area contributed by atoms with Crippen molar-refractivity contribution in [2.45, 2.75) is 6.10 Å². The molecule has 1 heterocycles. The summed E-state index contributed by atoms with van der Waals surface area (Å²) in [7, 11) is 0. The Morgan fingerprint density at radius 1 is 1.19 bits per heavy atom. The van der Waals surface area contributed by atoms with Gasteiger partial charge in [0.1, 0.15) is 6.10 Å². The Morgan fingerprint density at radius 2 is 1.88 bits per heavy atom. The third kappa shape index (κ3) is 2.32. The third-order valence-corrected chi connectivity index (χ3v) is 3.43. The van der Waals surface area contributed by atoms with Crippen LogP contribution in [0.4, 0.5) is 0 Å². The van der Waals surface area contributed by atoms with E-state index in [0.717, 1.165) is 0 Å². The second kappa shape index (κ2) is 4.78. The minimum absolute atomic E-state index is 0.317. The molecule has 0 radical (unpaired) electrons. The molecule has 0 aliphatic carbocycles. The van der Waals surface area contributed by atoms with Crippen molar-refractivity contribution in [1.29, 1.82) is 0 Å². The van der Waals surface area contributed by atoms with Gasteiger partial charge in [0, 0.05) is 0 Å². The van der Waals surface area contributed by atoms with Crippen LogP contribution in [0.5, 0.6) is 0 Å². The number of aliphatic hydroxyl groups is 1. The van der Waals surface area contributed by atoms with Crippen molar-refractivity contribution in [3.8, 4) is 0 Å². The van der Waals surface area contributed by atoms with Gasteiger partial charge in [0.15, 0.2) is 0 Å². The fraction of sp³-hybridized carbons (Fsp3) is 0.0833. The van der Waals surface area contributed by atoms with Gasteiger partial charge in [-0.25, -0.2) is 0 Å². The number of aliphatic hydroxyl groups excluding tert-OH is 1. The van der Waals surface area contributed by atoms with Gasteiger partial charge < -0.3 is 5.11 Å². The Kier molecular flexibility index (Phi) is 3.39. The number of carbonyl (C=O) groups is 1. The number of halogens is 1.